The highest BCUT2D eigenvalue weighted by Gasteiger charge is 2.26. The Balaban J connectivity index is 1.87. The summed E-state index contributed by atoms with van der Waals surface area (Å²) in [6, 6.07) is 4.64. The van der Waals surface area contributed by atoms with E-state index in [0.29, 0.717) is 24.7 Å². The van der Waals surface area contributed by atoms with Gasteiger partial charge >= 0.3 is 5.97 Å². The van der Waals surface area contributed by atoms with Gasteiger partial charge < -0.3 is 14.2 Å². The lowest BCUT2D eigenvalue weighted by Gasteiger charge is -2.19. The number of hydrogen-bond acceptors (Lipinski definition) is 7. The summed E-state index contributed by atoms with van der Waals surface area (Å²) in [7, 11) is -4.06. The Bertz CT molecular complexity index is 861. The molecule has 0 saturated heterocycles. The maximum atomic E-state index is 12.5. The second-order valence-corrected chi connectivity index (χ2v) is 6.42. The van der Waals surface area contributed by atoms with Crippen LogP contribution < -0.4 is 14.2 Å². The summed E-state index contributed by atoms with van der Waals surface area (Å²) in [5, 5.41) is 5.56. The average molecular weight is 353 g/mol. The van der Waals surface area contributed by atoms with Crippen LogP contribution in [0, 0.1) is 0 Å². The van der Waals surface area contributed by atoms with Crippen LogP contribution in [0.25, 0.3) is 0 Å². The molecule has 3 rings (SSSR count). The van der Waals surface area contributed by atoms with Gasteiger partial charge in [-0.2, -0.15) is 13.5 Å². The normalized spacial score (nSPS) is 13.4. The first-order valence-corrected chi connectivity index (χ1v) is 8.62. The predicted molar refractivity (Wildman–Crippen MR) is 82.8 cm³/mol. The van der Waals surface area contributed by atoms with Crippen LogP contribution in [0.1, 0.15) is 17.3 Å². The number of hydrogen-bond donors (Lipinski definition) is 2. The molecule has 0 aliphatic carbocycles. The number of carbonyl (C=O) groups excluding carboxylic acids is 1. The van der Waals surface area contributed by atoms with Crippen LogP contribution in [0.15, 0.2) is 29.4 Å². The minimum Gasteiger partial charge on any atom is -0.486 e. The van der Waals surface area contributed by atoms with Crippen molar-refractivity contribution < 1.29 is 27.4 Å². The summed E-state index contributed by atoms with van der Waals surface area (Å²) in [4.78, 5) is 11.8. The monoisotopic (exact) mass is 353 g/mol. The molecule has 1 aliphatic rings. The molecule has 2 heterocycles. The molecule has 2 aromatic rings. The lowest BCUT2D eigenvalue weighted by Crippen LogP contribution is -2.18. The molecule has 128 valence electrons. The predicted octanol–water partition coefficient (Wildman–Crippen LogP) is 1.16. The van der Waals surface area contributed by atoms with Crippen molar-refractivity contribution in [2.24, 2.45) is 0 Å². The number of esters is 1. The number of fused-ring (bicyclic) bond motifs is 1. The van der Waals surface area contributed by atoms with E-state index < -0.39 is 16.0 Å². The molecule has 0 saturated carbocycles. The van der Waals surface area contributed by atoms with Gasteiger partial charge in [-0.05, 0) is 19.1 Å². The SMILES string of the molecule is CCOC(=O)c1cn[nH]c1S(=O)(=O)Nc1ccc2c(c1)OCCO2. The van der Waals surface area contributed by atoms with E-state index in [4.69, 9.17) is 14.2 Å². The van der Waals surface area contributed by atoms with E-state index in [-0.39, 0.29) is 22.9 Å². The topological polar surface area (TPSA) is 120 Å². The van der Waals surface area contributed by atoms with Crippen molar-refractivity contribution in [3.05, 3.63) is 30.0 Å². The van der Waals surface area contributed by atoms with Crippen molar-refractivity contribution in [2.45, 2.75) is 11.9 Å². The molecule has 0 fully saturated rings. The van der Waals surface area contributed by atoms with Gasteiger partial charge in [-0.25, -0.2) is 4.79 Å². The van der Waals surface area contributed by atoms with Gasteiger partial charge in [0.1, 0.15) is 18.8 Å². The number of H-pyrrole nitrogens is 1. The molecule has 0 radical (unpaired) electrons. The van der Waals surface area contributed by atoms with Gasteiger partial charge in [0.15, 0.2) is 16.5 Å². The Morgan fingerprint density at radius 2 is 2.08 bits per heavy atom. The molecule has 9 nitrogen and oxygen atoms in total. The first-order chi connectivity index (χ1) is 11.5. The Kier molecular flexibility index (Phi) is 4.30. The highest BCUT2D eigenvalue weighted by molar-refractivity contribution is 7.92. The number of aromatic nitrogens is 2. The largest absolute Gasteiger partial charge is 0.486 e. The van der Waals surface area contributed by atoms with Crippen molar-refractivity contribution in [3.63, 3.8) is 0 Å². The Morgan fingerprint density at radius 3 is 2.83 bits per heavy atom. The number of ether oxygens (including phenoxy) is 3. The summed E-state index contributed by atoms with van der Waals surface area (Å²) in [6.07, 6.45) is 1.11. The summed E-state index contributed by atoms with van der Waals surface area (Å²) >= 11 is 0. The van der Waals surface area contributed by atoms with E-state index in [1.807, 2.05) is 0 Å². The molecule has 0 bridgehead atoms. The Labute approximate surface area is 138 Å². The molecular formula is C14H15N3O6S. The zero-order valence-corrected chi connectivity index (χ0v) is 13.6. The lowest BCUT2D eigenvalue weighted by molar-refractivity contribution is 0.0522. The molecule has 0 unspecified atom stereocenters. The number of benzene rings is 1. The van der Waals surface area contributed by atoms with Crippen molar-refractivity contribution >= 4 is 21.7 Å². The smallest absolute Gasteiger partial charge is 0.342 e. The zero-order chi connectivity index (χ0) is 17.2. The van der Waals surface area contributed by atoms with Crippen molar-refractivity contribution in [1.29, 1.82) is 0 Å². The maximum Gasteiger partial charge on any atom is 0.342 e. The Morgan fingerprint density at radius 1 is 1.33 bits per heavy atom. The molecule has 2 N–H and O–H groups in total. The molecular weight excluding hydrogens is 338 g/mol. The van der Waals surface area contributed by atoms with Crippen LogP contribution in [0.3, 0.4) is 0 Å². The number of sulfonamides is 1. The molecule has 0 atom stereocenters. The molecule has 1 aliphatic heterocycles. The second-order valence-electron chi connectivity index (χ2n) is 4.80. The van der Waals surface area contributed by atoms with Crippen LogP contribution >= 0.6 is 0 Å². The number of nitrogens with zero attached hydrogens (tertiary/aromatic N) is 1. The van der Waals surface area contributed by atoms with Gasteiger partial charge in [0.05, 0.1) is 18.5 Å². The third kappa shape index (κ3) is 3.13. The third-order valence-electron chi connectivity index (χ3n) is 3.16. The van der Waals surface area contributed by atoms with Gasteiger partial charge in [-0.15, -0.1) is 0 Å². The highest BCUT2D eigenvalue weighted by atomic mass is 32.2. The van der Waals surface area contributed by atoms with Crippen LogP contribution in [-0.4, -0.2) is 44.4 Å². The number of nitrogens with one attached hydrogen (secondary N) is 2. The average Bonchev–Trinajstić information content (AvgIpc) is 3.05. The van der Waals surface area contributed by atoms with Gasteiger partial charge in [0.2, 0.25) is 0 Å². The standard InChI is InChI=1S/C14H15N3O6S/c1-2-21-14(18)10-8-15-16-13(10)24(19,20)17-9-3-4-11-12(7-9)23-6-5-22-11/h3-4,7-8,17H,2,5-6H2,1H3,(H,15,16). The molecule has 0 spiro atoms. The summed E-state index contributed by atoms with van der Waals surface area (Å²) in [5.74, 6) is 0.212. The van der Waals surface area contributed by atoms with Gasteiger partial charge in [-0.3, -0.25) is 9.82 Å². The highest BCUT2D eigenvalue weighted by Crippen LogP contribution is 2.33. The van der Waals surface area contributed by atoms with Gasteiger partial charge in [-0.1, -0.05) is 0 Å². The quantitative estimate of drug-likeness (QED) is 0.774. The zero-order valence-electron chi connectivity index (χ0n) is 12.7. The summed E-state index contributed by atoms with van der Waals surface area (Å²) < 4.78 is 43.0. The fraction of sp³-hybridized carbons (Fsp3) is 0.286. The maximum absolute atomic E-state index is 12.5. The third-order valence-corrected chi connectivity index (χ3v) is 4.52. The fourth-order valence-corrected chi connectivity index (χ4v) is 3.28. The number of anilines is 1. The van der Waals surface area contributed by atoms with E-state index in [0.717, 1.165) is 6.20 Å². The molecule has 0 amide bonds. The number of carbonyl (C=O) groups is 1. The Hall–Kier alpha value is -2.75. The van der Waals surface area contributed by atoms with Crippen molar-refractivity contribution in [1.82, 2.24) is 10.2 Å². The van der Waals surface area contributed by atoms with Crippen molar-refractivity contribution in [2.75, 3.05) is 24.5 Å². The van der Waals surface area contributed by atoms with E-state index in [2.05, 4.69) is 14.9 Å². The molecule has 10 heteroatoms. The summed E-state index contributed by atoms with van der Waals surface area (Å²) in [6.45, 7) is 2.57. The minimum atomic E-state index is -4.06. The van der Waals surface area contributed by atoms with Gasteiger partial charge in [0.25, 0.3) is 10.0 Å². The molecule has 1 aromatic carbocycles. The van der Waals surface area contributed by atoms with Crippen LogP contribution in [0.4, 0.5) is 5.69 Å². The van der Waals surface area contributed by atoms with E-state index in [9.17, 15) is 13.2 Å². The first kappa shape index (κ1) is 16.1. The van der Waals surface area contributed by atoms with E-state index in [1.165, 1.54) is 12.1 Å². The van der Waals surface area contributed by atoms with Crippen LogP contribution in [0.5, 0.6) is 11.5 Å². The summed E-state index contributed by atoms with van der Waals surface area (Å²) in [5.41, 5.74) is 0.102. The second kappa shape index (κ2) is 6.40. The number of aromatic amines is 1. The van der Waals surface area contributed by atoms with Crippen LogP contribution in [0.2, 0.25) is 0 Å². The first-order valence-electron chi connectivity index (χ1n) is 7.14. The lowest BCUT2D eigenvalue weighted by atomic mass is 10.3. The fourth-order valence-electron chi connectivity index (χ4n) is 2.15. The molecule has 1 aromatic heterocycles. The van der Waals surface area contributed by atoms with Crippen LogP contribution in [-0.2, 0) is 14.8 Å². The van der Waals surface area contributed by atoms with Crippen molar-refractivity contribution in [3.8, 4) is 11.5 Å². The minimum absolute atomic E-state index is 0.124. The van der Waals surface area contributed by atoms with E-state index in [1.54, 1.807) is 13.0 Å². The molecule has 24 heavy (non-hydrogen) atoms. The van der Waals surface area contributed by atoms with Gasteiger partial charge in [0, 0.05) is 6.07 Å². The number of rotatable bonds is 5. The van der Waals surface area contributed by atoms with E-state index >= 15 is 0 Å².